The Morgan fingerprint density at radius 2 is 0.714 bits per heavy atom. The van der Waals surface area contributed by atoms with Gasteiger partial charge in [-0.05, 0) is 18.8 Å². The molecule has 0 aromatic heterocycles. The lowest BCUT2D eigenvalue weighted by molar-refractivity contribution is 0.173. The number of thiol groups is 1. The van der Waals surface area contributed by atoms with Crippen LogP contribution < -0.4 is 0 Å². The minimum absolute atomic E-state index is 0.409. The van der Waals surface area contributed by atoms with Gasteiger partial charge in [-0.2, -0.15) is 0 Å². The zero-order valence-corrected chi connectivity index (χ0v) is 20.5. The molecule has 0 fully saturated rings. The van der Waals surface area contributed by atoms with Crippen LogP contribution in [0.25, 0.3) is 0 Å². The number of rotatable bonds is 23. The molecule has 28 heavy (non-hydrogen) atoms. The highest BCUT2D eigenvalue weighted by Gasteiger charge is 2.14. The number of aliphatic hydroxyl groups excluding tert-OH is 1. The summed E-state index contributed by atoms with van der Waals surface area (Å²) in [7, 11) is 0. The fraction of sp³-hybridized carbons (Fsp3) is 1.00. The SMILES string of the molecule is CCCCCCCCCCCCC(CCCCCCCCCCCC)C(O)S. The third-order valence-electron chi connectivity index (χ3n) is 6.28. The van der Waals surface area contributed by atoms with Gasteiger partial charge in [0, 0.05) is 0 Å². The number of hydrogen-bond donors (Lipinski definition) is 2. The molecule has 0 aliphatic heterocycles. The van der Waals surface area contributed by atoms with Gasteiger partial charge in [-0.15, -0.1) is 12.6 Å². The monoisotopic (exact) mass is 414 g/mol. The van der Waals surface area contributed by atoms with Crippen molar-refractivity contribution in [1.29, 1.82) is 0 Å². The van der Waals surface area contributed by atoms with Crippen LogP contribution in [0.4, 0.5) is 0 Å². The second-order valence-corrected chi connectivity index (χ2v) is 9.64. The van der Waals surface area contributed by atoms with Crippen LogP contribution in [0.15, 0.2) is 0 Å². The predicted molar refractivity (Wildman–Crippen MR) is 131 cm³/mol. The van der Waals surface area contributed by atoms with E-state index in [9.17, 15) is 5.11 Å². The van der Waals surface area contributed by atoms with Crippen molar-refractivity contribution in [1.82, 2.24) is 0 Å². The van der Waals surface area contributed by atoms with E-state index in [2.05, 4.69) is 26.5 Å². The topological polar surface area (TPSA) is 20.2 Å². The van der Waals surface area contributed by atoms with Crippen LogP contribution in [0, 0.1) is 5.92 Å². The highest BCUT2D eigenvalue weighted by atomic mass is 32.1. The Bertz CT molecular complexity index is 256. The molecule has 0 bridgehead atoms. The molecule has 0 radical (unpaired) electrons. The van der Waals surface area contributed by atoms with E-state index < -0.39 is 5.44 Å². The van der Waals surface area contributed by atoms with Crippen molar-refractivity contribution in [3.05, 3.63) is 0 Å². The molecule has 1 atom stereocenters. The zero-order valence-electron chi connectivity index (χ0n) is 19.6. The molecule has 0 rings (SSSR count). The average molecular weight is 415 g/mol. The molecule has 1 unspecified atom stereocenters. The van der Waals surface area contributed by atoms with E-state index in [-0.39, 0.29) is 0 Å². The van der Waals surface area contributed by atoms with Gasteiger partial charge in [0.2, 0.25) is 0 Å². The quantitative estimate of drug-likeness (QED) is 0.0968. The third-order valence-corrected chi connectivity index (χ3v) is 6.70. The molecular weight excluding hydrogens is 360 g/mol. The molecule has 2 heteroatoms. The third kappa shape index (κ3) is 21.0. The standard InChI is InChI=1S/C26H54OS/c1-3-5-7-9-11-13-15-17-19-21-23-25(26(27)28)24-22-20-18-16-14-12-10-8-6-4-2/h25-28H,3-24H2,1-2H3. The van der Waals surface area contributed by atoms with Crippen LogP contribution in [-0.2, 0) is 0 Å². The molecule has 0 aromatic carbocycles. The Hall–Kier alpha value is 0.310. The van der Waals surface area contributed by atoms with Gasteiger partial charge in [-0.3, -0.25) is 0 Å². The minimum atomic E-state index is -0.419. The van der Waals surface area contributed by atoms with Gasteiger partial charge in [0.15, 0.2) is 0 Å². The summed E-state index contributed by atoms with van der Waals surface area (Å²) in [6, 6.07) is 0. The van der Waals surface area contributed by atoms with Crippen LogP contribution in [0.1, 0.15) is 155 Å². The Balaban J connectivity index is 3.44. The van der Waals surface area contributed by atoms with Gasteiger partial charge < -0.3 is 5.11 Å². The molecule has 0 amide bonds. The summed E-state index contributed by atoms with van der Waals surface area (Å²) in [6.45, 7) is 4.57. The molecule has 0 aliphatic rings. The second-order valence-electron chi connectivity index (χ2n) is 9.12. The predicted octanol–water partition coefficient (Wildman–Crippen LogP) is 9.47. The van der Waals surface area contributed by atoms with E-state index in [1.54, 1.807) is 0 Å². The summed E-state index contributed by atoms with van der Waals surface area (Å²) in [5.41, 5.74) is -0.419. The van der Waals surface area contributed by atoms with Gasteiger partial charge in [0.25, 0.3) is 0 Å². The van der Waals surface area contributed by atoms with Crippen molar-refractivity contribution in [3.63, 3.8) is 0 Å². The molecule has 1 nitrogen and oxygen atoms in total. The van der Waals surface area contributed by atoms with Gasteiger partial charge >= 0.3 is 0 Å². The Kier molecular flexibility index (Phi) is 23.8. The van der Waals surface area contributed by atoms with Crippen LogP contribution in [0.3, 0.4) is 0 Å². The van der Waals surface area contributed by atoms with Gasteiger partial charge in [-0.1, -0.05) is 142 Å². The Labute approximate surface area is 184 Å². The molecule has 1 N–H and O–H groups in total. The Morgan fingerprint density at radius 1 is 0.464 bits per heavy atom. The van der Waals surface area contributed by atoms with Crippen molar-refractivity contribution in [2.45, 2.75) is 161 Å². The number of unbranched alkanes of at least 4 members (excludes halogenated alkanes) is 18. The lowest BCUT2D eigenvalue weighted by atomic mass is 9.94. The highest BCUT2D eigenvalue weighted by Crippen LogP contribution is 2.24. The molecule has 0 saturated carbocycles. The molecular formula is C26H54OS. The second kappa shape index (κ2) is 23.6. The maximum absolute atomic E-state index is 9.96. The minimum Gasteiger partial charge on any atom is -0.382 e. The van der Waals surface area contributed by atoms with E-state index in [0.717, 1.165) is 0 Å². The van der Waals surface area contributed by atoms with Crippen molar-refractivity contribution in [3.8, 4) is 0 Å². The molecule has 0 saturated heterocycles. The van der Waals surface area contributed by atoms with E-state index in [0.29, 0.717) is 5.92 Å². The van der Waals surface area contributed by atoms with Gasteiger partial charge in [-0.25, -0.2) is 0 Å². The van der Waals surface area contributed by atoms with E-state index in [1.165, 1.54) is 141 Å². The number of hydrogen-bond acceptors (Lipinski definition) is 2. The molecule has 0 spiro atoms. The van der Waals surface area contributed by atoms with Crippen LogP contribution in [0.2, 0.25) is 0 Å². The van der Waals surface area contributed by atoms with Crippen molar-refractivity contribution in [2.24, 2.45) is 5.92 Å². The van der Waals surface area contributed by atoms with Crippen molar-refractivity contribution in [2.75, 3.05) is 0 Å². The fourth-order valence-electron chi connectivity index (χ4n) is 4.23. The fourth-order valence-corrected chi connectivity index (χ4v) is 4.53. The summed E-state index contributed by atoms with van der Waals surface area (Å²) in [5.74, 6) is 0.409. The van der Waals surface area contributed by atoms with E-state index >= 15 is 0 Å². The highest BCUT2D eigenvalue weighted by molar-refractivity contribution is 7.80. The first-order chi connectivity index (χ1) is 13.7. The summed E-state index contributed by atoms with van der Waals surface area (Å²) < 4.78 is 0. The Morgan fingerprint density at radius 3 is 0.964 bits per heavy atom. The molecule has 0 aliphatic carbocycles. The number of aliphatic hydroxyl groups is 1. The first kappa shape index (κ1) is 28.3. The maximum Gasteiger partial charge on any atom is 0.0992 e. The maximum atomic E-state index is 9.96. The summed E-state index contributed by atoms with van der Waals surface area (Å²) in [6.07, 6.45) is 30.0. The van der Waals surface area contributed by atoms with Crippen LogP contribution >= 0.6 is 12.6 Å². The first-order valence-corrected chi connectivity index (χ1v) is 13.6. The summed E-state index contributed by atoms with van der Waals surface area (Å²) >= 11 is 4.35. The van der Waals surface area contributed by atoms with Crippen molar-refractivity contribution >= 4 is 12.6 Å². The van der Waals surface area contributed by atoms with Crippen LogP contribution in [-0.4, -0.2) is 10.5 Å². The smallest absolute Gasteiger partial charge is 0.0992 e. The van der Waals surface area contributed by atoms with Crippen LogP contribution in [0.5, 0.6) is 0 Å². The van der Waals surface area contributed by atoms with Gasteiger partial charge in [0.05, 0.1) is 5.44 Å². The van der Waals surface area contributed by atoms with Gasteiger partial charge in [0.1, 0.15) is 0 Å². The normalized spacial score (nSPS) is 12.8. The first-order valence-electron chi connectivity index (χ1n) is 13.1. The lowest BCUT2D eigenvalue weighted by Gasteiger charge is -2.19. The van der Waals surface area contributed by atoms with E-state index in [4.69, 9.17) is 0 Å². The largest absolute Gasteiger partial charge is 0.382 e. The van der Waals surface area contributed by atoms with Crippen molar-refractivity contribution < 1.29 is 5.11 Å². The average Bonchev–Trinajstić information content (AvgIpc) is 2.68. The lowest BCUT2D eigenvalue weighted by Crippen LogP contribution is -2.14. The zero-order chi connectivity index (χ0) is 20.7. The molecule has 170 valence electrons. The molecule has 0 heterocycles. The summed E-state index contributed by atoms with van der Waals surface area (Å²) in [4.78, 5) is 0. The molecule has 0 aromatic rings. The summed E-state index contributed by atoms with van der Waals surface area (Å²) in [5, 5.41) is 9.96. The van der Waals surface area contributed by atoms with E-state index in [1.807, 2.05) is 0 Å².